The third-order valence-electron chi connectivity index (χ3n) is 5.06. The SMILES string of the molecule is CCCCC1CCC(CBr)(CCOc2ccccc2)CC1. The van der Waals surface area contributed by atoms with Crippen molar-refractivity contribution in [1.29, 1.82) is 0 Å². The summed E-state index contributed by atoms with van der Waals surface area (Å²) >= 11 is 3.77. The first-order valence-electron chi connectivity index (χ1n) is 8.52. The molecule has 2 heteroatoms. The molecule has 1 aromatic carbocycles. The van der Waals surface area contributed by atoms with Crippen molar-refractivity contribution in [3.05, 3.63) is 30.3 Å². The van der Waals surface area contributed by atoms with Gasteiger partial charge in [0.2, 0.25) is 0 Å². The van der Waals surface area contributed by atoms with E-state index in [1.807, 2.05) is 30.3 Å². The van der Waals surface area contributed by atoms with Gasteiger partial charge in [0.15, 0.2) is 0 Å². The van der Waals surface area contributed by atoms with Crippen LogP contribution in [0.3, 0.4) is 0 Å². The van der Waals surface area contributed by atoms with Crippen LogP contribution in [0, 0.1) is 11.3 Å². The minimum Gasteiger partial charge on any atom is -0.494 e. The van der Waals surface area contributed by atoms with Gasteiger partial charge in [0.1, 0.15) is 5.75 Å². The van der Waals surface area contributed by atoms with Gasteiger partial charge in [-0.25, -0.2) is 0 Å². The van der Waals surface area contributed by atoms with Gasteiger partial charge < -0.3 is 4.74 Å². The van der Waals surface area contributed by atoms with E-state index in [1.165, 1.54) is 51.4 Å². The molecule has 0 radical (unpaired) electrons. The molecule has 0 aromatic heterocycles. The average Bonchev–Trinajstić information content (AvgIpc) is 2.55. The van der Waals surface area contributed by atoms with E-state index in [4.69, 9.17) is 4.74 Å². The van der Waals surface area contributed by atoms with Gasteiger partial charge in [0, 0.05) is 5.33 Å². The largest absolute Gasteiger partial charge is 0.494 e. The van der Waals surface area contributed by atoms with E-state index in [-0.39, 0.29) is 0 Å². The molecular weight excluding hydrogens is 324 g/mol. The van der Waals surface area contributed by atoms with E-state index < -0.39 is 0 Å². The highest BCUT2D eigenvalue weighted by molar-refractivity contribution is 9.09. The second-order valence-corrected chi connectivity index (χ2v) is 7.19. The minimum atomic E-state index is 0.470. The summed E-state index contributed by atoms with van der Waals surface area (Å²) in [6.45, 7) is 3.14. The van der Waals surface area contributed by atoms with Crippen LogP contribution in [0.25, 0.3) is 0 Å². The standard InChI is InChI=1S/C19H29BrO/c1-2-3-7-17-10-12-19(16-20,13-11-17)14-15-21-18-8-5-4-6-9-18/h4-6,8-9,17H,2-3,7,10-16H2,1H3. The third-order valence-corrected chi connectivity index (χ3v) is 6.25. The summed E-state index contributed by atoms with van der Waals surface area (Å²) in [5.41, 5.74) is 0.470. The molecule has 0 saturated heterocycles. The summed E-state index contributed by atoms with van der Waals surface area (Å²) < 4.78 is 5.91. The predicted molar refractivity (Wildman–Crippen MR) is 94.3 cm³/mol. The number of alkyl halides is 1. The lowest BCUT2D eigenvalue weighted by atomic mass is 9.69. The number of unbranched alkanes of at least 4 members (excludes halogenated alkanes) is 1. The Morgan fingerprint density at radius 2 is 1.90 bits per heavy atom. The zero-order valence-corrected chi connectivity index (χ0v) is 14.9. The molecule has 0 aliphatic heterocycles. The van der Waals surface area contributed by atoms with E-state index in [9.17, 15) is 0 Å². The fourth-order valence-corrected chi connectivity index (χ4v) is 4.27. The van der Waals surface area contributed by atoms with Gasteiger partial charge in [0.25, 0.3) is 0 Å². The first-order valence-corrected chi connectivity index (χ1v) is 9.64. The maximum atomic E-state index is 5.91. The quantitative estimate of drug-likeness (QED) is 0.504. The maximum Gasteiger partial charge on any atom is 0.119 e. The van der Waals surface area contributed by atoms with Crippen LogP contribution in [-0.2, 0) is 0 Å². The lowest BCUT2D eigenvalue weighted by molar-refractivity contribution is 0.131. The molecule has 0 heterocycles. The Morgan fingerprint density at radius 3 is 2.52 bits per heavy atom. The maximum absolute atomic E-state index is 5.91. The van der Waals surface area contributed by atoms with Gasteiger partial charge in [-0.2, -0.15) is 0 Å². The lowest BCUT2D eigenvalue weighted by Crippen LogP contribution is -2.31. The third kappa shape index (κ3) is 5.32. The molecule has 0 N–H and O–H groups in total. The van der Waals surface area contributed by atoms with Crippen LogP contribution in [0.15, 0.2) is 30.3 Å². The Hall–Kier alpha value is -0.500. The van der Waals surface area contributed by atoms with Crippen LogP contribution in [0.2, 0.25) is 0 Å². The first kappa shape index (κ1) is 16.9. The lowest BCUT2D eigenvalue weighted by Gasteiger charge is -2.39. The molecule has 1 nitrogen and oxygen atoms in total. The van der Waals surface area contributed by atoms with Crippen LogP contribution in [0.5, 0.6) is 5.75 Å². The number of ether oxygens (including phenoxy) is 1. The van der Waals surface area contributed by atoms with Gasteiger partial charge in [-0.15, -0.1) is 0 Å². The Labute approximate surface area is 138 Å². The van der Waals surface area contributed by atoms with Gasteiger partial charge in [-0.1, -0.05) is 60.3 Å². The van der Waals surface area contributed by atoms with Crippen molar-refractivity contribution < 1.29 is 4.74 Å². The fourth-order valence-electron chi connectivity index (χ4n) is 3.42. The first-order chi connectivity index (χ1) is 10.3. The summed E-state index contributed by atoms with van der Waals surface area (Å²) in [5.74, 6) is 1.98. The Kier molecular flexibility index (Phi) is 7.09. The zero-order valence-electron chi connectivity index (χ0n) is 13.3. The number of benzene rings is 1. The van der Waals surface area contributed by atoms with Crippen molar-refractivity contribution >= 4 is 15.9 Å². The molecular formula is C19H29BrO. The van der Waals surface area contributed by atoms with Gasteiger partial charge >= 0.3 is 0 Å². The average molecular weight is 353 g/mol. The van der Waals surface area contributed by atoms with Crippen LogP contribution in [0.1, 0.15) is 58.3 Å². The van der Waals surface area contributed by atoms with Crippen LogP contribution < -0.4 is 4.74 Å². The summed E-state index contributed by atoms with van der Waals surface area (Å²) in [6, 6.07) is 10.2. The van der Waals surface area contributed by atoms with Crippen molar-refractivity contribution in [3.63, 3.8) is 0 Å². The van der Waals surface area contributed by atoms with Gasteiger partial charge in [-0.05, 0) is 55.6 Å². The highest BCUT2D eigenvalue weighted by Gasteiger charge is 2.34. The molecule has 118 valence electrons. The van der Waals surface area contributed by atoms with Gasteiger partial charge in [0.05, 0.1) is 6.61 Å². The second-order valence-electron chi connectivity index (χ2n) is 6.63. The molecule has 1 aliphatic carbocycles. The number of hydrogen-bond acceptors (Lipinski definition) is 1. The molecule has 2 rings (SSSR count). The number of rotatable bonds is 8. The van der Waals surface area contributed by atoms with Crippen molar-refractivity contribution in [1.82, 2.24) is 0 Å². The minimum absolute atomic E-state index is 0.470. The summed E-state index contributed by atoms with van der Waals surface area (Å²) in [6.07, 6.45) is 10.9. The number of hydrogen-bond donors (Lipinski definition) is 0. The van der Waals surface area contributed by atoms with Crippen molar-refractivity contribution in [2.75, 3.05) is 11.9 Å². The Morgan fingerprint density at radius 1 is 1.19 bits per heavy atom. The molecule has 0 unspecified atom stereocenters. The van der Waals surface area contributed by atoms with Crippen molar-refractivity contribution in [3.8, 4) is 5.75 Å². The smallest absolute Gasteiger partial charge is 0.119 e. The summed E-state index contributed by atoms with van der Waals surface area (Å²) in [5, 5.41) is 1.12. The predicted octanol–water partition coefficient (Wildman–Crippen LogP) is 6.22. The highest BCUT2D eigenvalue weighted by atomic mass is 79.9. The highest BCUT2D eigenvalue weighted by Crippen LogP contribution is 2.44. The fraction of sp³-hybridized carbons (Fsp3) is 0.684. The van der Waals surface area contributed by atoms with Crippen LogP contribution in [-0.4, -0.2) is 11.9 Å². The summed E-state index contributed by atoms with van der Waals surface area (Å²) in [7, 11) is 0. The summed E-state index contributed by atoms with van der Waals surface area (Å²) in [4.78, 5) is 0. The van der Waals surface area contributed by atoms with Crippen LogP contribution >= 0.6 is 15.9 Å². The molecule has 1 aliphatic rings. The molecule has 21 heavy (non-hydrogen) atoms. The van der Waals surface area contributed by atoms with Crippen LogP contribution in [0.4, 0.5) is 0 Å². The van der Waals surface area contributed by atoms with E-state index in [1.54, 1.807) is 0 Å². The molecule has 1 aromatic rings. The molecule has 1 saturated carbocycles. The molecule has 0 bridgehead atoms. The van der Waals surface area contributed by atoms with Crippen molar-refractivity contribution in [2.45, 2.75) is 58.3 Å². The molecule has 1 fully saturated rings. The number of para-hydroxylation sites is 1. The molecule has 0 amide bonds. The van der Waals surface area contributed by atoms with E-state index >= 15 is 0 Å². The van der Waals surface area contributed by atoms with E-state index in [2.05, 4.69) is 22.9 Å². The Bertz CT molecular complexity index is 382. The van der Waals surface area contributed by atoms with E-state index in [0.29, 0.717) is 5.41 Å². The van der Waals surface area contributed by atoms with E-state index in [0.717, 1.165) is 23.6 Å². The molecule has 0 spiro atoms. The number of halogens is 1. The second kappa shape index (κ2) is 8.82. The Balaban J connectivity index is 1.75. The molecule has 0 atom stereocenters. The van der Waals surface area contributed by atoms with Crippen molar-refractivity contribution in [2.24, 2.45) is 11.3 Å². The monoisotopic (exact) mass is 352 g/mol. The van der Waals surface area contributed by atoms with Gasteiger partial charge in [-0.3, -0.25) is 0 Å². The topological polar surface area (TPSA) is 9.23 Å². The zero-order chi connectivity index (χ0) is 15.0. The normalized spacial score (nSPS) is 25.7.